The van der Waals surface area contributed by atoms with Gasteiger partial charge in [-0.05, 0) is 6.42 Å². The molecule has 0 fully saturated rings. The van der Waals surface area contributed by atoms with E-state index in [-0.39, 0.29) is 10.8 Å². The third kappa shape index (κ3) is 3.85. The molecule has 1 aromatic rings. The van der Waals surface area contributed by atoms with Crippen molar-refractivity contribution < 1.29 is 14.1 Å². The highest BCUT2D eigenvalue weighted by atomic mass is 35.5. The zero-order valence-electron chi connectivity index (χ0n) is 9.41. The van der Waals surface area contributed by atoms with Crippen LogP contribution in [0, 0.1) is 15.9 Å². The Hall–Kier alpha value is -1.36. The maximum atomic E-state index is 13.1. The van der Waals surface area contributed by atoms with E-state index in [1.54, 1.807) is 0 Å². The molecule has 0 aliphatic rings. The summed E-state index contributed by atoms with van der Waals surface area (Å²) in [6.45, 7) is 2.46. The molecule has 0 saturated heterocycles. The second-order valence-corrected chi connectivity index (χ2v) is 3.95. The van der Waals surface area contributed by atoms with Crippen molar-refractivity contribution in [1.29, 1.82) is 0 Å². The fourth-order valence-electron chi connectivity index (χ4n) is 1.30. The minimum Gasteiger partial charge on any atom is -0.492 e. The molecular formula is C11H13ClFNO3. The van der Waals surface area contributed by atoms with Crippen LogP contribution >= 0.6 is 11.6 Å². The highest BCUT2D eigenvalue weighted by Gasteiger charge is 2.18. The molecule has 0 aliphatic carbocycles. The Kier molecular flexibility index (Phi) is 5.15. The highest BCUT2D eigenvalue weighted by molar-refractivity contribution is 6.32. The van der Waals surface area contributed by atoms with Crippen LogP contribution in [0.25, 0.3) is 0 Å². The standard InChI is InChI=1S/C11H13ClFNO3/c1-2-3-4-5-17-11-7-10(14(15)16)9(13)6-8(11)12/h6-7H,2-5H2,1H3. The van der Waals surface area contributed by atoms with E-state index in [0.717, 1.165) is 31.4 Å². The van der Waals surface area contributed by atoms with Crippen molar-refractivity contribution in [3.63, 3.8) is 0 Å². The van der Waals surface area contributed by atoms with E-state index in [1.165, 1.54) is 0 Å². The van der Waals surface area contributed by atoms with Gasteiger partial charge in [-0.25, -0.2) is 0 Å². The molecule has 0 amide bonds. The summed E-state index contributed by atoms with van der Waals surface area (Å²) in [4.78, 5) is 9.73. The number of nitrogens with zero attached hydrogens (tertiary/aromatic N) is 1. The number of unbranched alkanes of at least 4 members (excludes halogenated alkanes) is 2. The molecule has 0 spiro atoms. The van der Waals surface area contributed by atoms with Crippen molar-refractivity contribution >= 4 is 17.3 Å². The van der Waals surface area contributed by atoms with Gasteiger partial charge in [0.25, 0.3) is 0 Å². The third-order valence-electron chi connectivity index (χ3n) is 2.20. The molecule has 4 nitrogen and oxygen atoms in total. The maximum absolute atomic E-state index is 13.1. The average molecular weight is 262 g/mol. The first kappa shape index (κ1) is 13.7. The van der Waals surface area contributed by atoms with Gasteiger partial charge in [0, 0.05) is 6.07 Å². The summed E-state index contributed by atoms with van der Waals surface area (Å²) < 4.78 is 18.4. The SMILES string of the molecule is CCCCCOc1cc([N+](=O)[O-])c(F)cc1Cl. The van der Waals surface area contributed by atoms with Crippen LogP contribution in [0.2, 0.25) is 5.02 Å². The summed E-state index contributed by atoms with van der Waals surface area (Å²) in [5, 5.41) is 10.6. The number of rotatable bonds is 6. The van der Waals surface area contributed by atoms with E-state index >= 15 is 0 Å². The lowest BCUT2D eigenvalue weighted by atomic mass is 10.2. The summed E-state index contributed by atoms with van der Waals surface area (Å²) >= 11 is 5.73. The fraction of sp³-hybridized carbons (Fsp3) is 0.455. The van der Waals surface area contributed by atoms with Crippen LogP contribution in [0.5, 0.6) is 5.75 Å². The molecule has 0 aromatic heterocycles. The molecule has 0 N–H and O–H groups in total. The van der Waals surface area contributed by atoms with Crippen LogP contribution in [-0.4, -0.2) is 11.5 Å². The minimum absolute atomic E-state index is 0.0459. The minimum atomic E-state index is -0.957. The molecule has 0 heterocycles. The second kappa shape index (κ2) is 6.39. The van der Waals surface area contributed by atoms with Crippen LogP contribution in [0.15, 0.2) is 12.1 Å². The van der Waals surface area contributed by atoms with Gasteiger partial charge in [-0.1, -0.05) is 31.4 Å². The highest BCUT2D eigenvalue weighted by Crippen LogP contribution is 2.31. The third-order valence-corrected chi connectivity index (χ3v) is 2.50. The molecule has 0 unspecified atom stereocenters. The van der Waals surface area contributed by atoms with Gasteiger partial charge in [0.15, 0.2) is 0 Å². The number of nitro benzene ring substituents is 1. The van der Waals surface area contributed by atoms with Crippen LogP contribution in [0.4, 0.5) is 10.1 Å². The van der Waals surface area contributed by atoms with Crippen molar-refractivity contribution in [3.8, 4) is 5.75 Å². The number of halogens is 2. The van der Waals surface area contributed by atoms with E-state index in [4.69, 9.17) is 16.3 Å². The first-order valence-corrected chi connectivity index (χ1v) is 5.70. The Bertz CT molecular complexity index is 412. The maximum Gasteiger partial charge on any atom is 0.308 e. The topological polar surface area (TPSA) is 52.4 Å². The lowest BCUT2D eigenvalue weighted by Gasteiger charge is -2.07. The average Bonchev–Trinajstić information content (AvgIpc) is 2.26. The van der Waals surface area contributed by atoms with Crippen LogP contribution < -0.4 is 4.74 Å². The van der Waals surface area contributed by atoms with Crippen molar-refractivity contribution in [3.05, 3.63) is 33.1 Å². The molecular weight excluding hydrogens is 249 g/mol. The Morgan fingerprint density at radius 2 is 2.18 bits per heavy atom. The first-order valence-electron chi connectivity index (χ1n) is 5.32. The van der Waals surface area contributed by atoms with Gasteiger partial charge >= 0.3 is 5.69 Å². The summed E-state index contributed by atoms with van der Waals surface area (Å²) in [6, 6.07) is 1.92. The van der Waals surface area contributed by atoms with E-state index in [0.29, 0.717) is 6.61 Å². The van der Waals surface area contributed by atoms with E-state index in [9.17, 15) is 14.5 Å². The van der Waals surface area contributed by atoms with Gasteiger partial charge in [-0.15, -0.1) is 0 Å². The summed E-state index contributed by atoms with van der Waals surface area (Å²) in [5.41, 5.74) is -0.625. The molecule has 1 aromatic carbocycles. The first-order chi connectivity index (χ1) is 8.06. The smallest absolute Gasteiger partial charge is 0.308 e. The molecule has 0 saturated carbocycles. The van der Waals surface area contributed by atoms with Crippen molar-refractivity contribution in [2.75, 3.05) is 6.61 Å². The monoisotopic (exact) mass is 261 g/mol. The predicted octanol–water partition coefficient (Wildman–Crippen LogP) is 3.96. The Labute approximate surface area is 103 Å². The number of ether oxygens (including phenoxy) is 1. The van der Waals surface area contributed by atoms with Gasteiger partial charge in [0.1, 0.15) is 5.75 Å². The normalized spacial score (nSPS) is 10.3. The molecule has 1 rings (SSSR count). The zero-order valence-corrected chi connectivity index (χ0v) is 10.2. The largest absolute Gasteiger partial charge is 0.492 e. The van der Waals surface area contributed by atoms with Crippen LogP contribution in [-0.2, 0) is 0 Å². The van der Waals surface area contributed by atoms with Gasteiger partial charge in [0.2, 0.25) is 5.82 Å². The molecule has 0 aliphatic heterocycles. The number of hydrogen-bond donors (Lipinski definition) is 0. The predicted molar refractivity (Wildman–Crippen MR) is 63.1 cm³/mol. The molecule has 0 bridgehead atoms. The number of benzene rings is 1. The van der Waals surface area contributed by atoms with Gasteiger partial charge < -0.3 is 4.74 Å². The molecule has 17 heavy (non-hydrogen) atoms. The molecule has 94 valence electrons. The Morgan fingerprint density at radius 1 is 1.47 bits per heavy atom. The summed E-state index contributed by atoms with van der Waals surface area (Å²) in [7, 11) is 0. The van der Waals surface area contributed by atoms with Crippen molar-refractivity contribution in [2.45, 2.75) is 26.2 Å². The van der Waals surface area contributed by atoms with E-state index < -0.39 is 16.4 Å². The van der Waals surface area contributed by atoms with Crippen molar-refractivity contribution in [2.24, 2.45) is 0 Å². The summed E-state index contributed by atoms with van der Waals surface area (Å²) in [6.07, 6.45) is 2.87. The second-order valence-electron chi connectivity index (χ2n) is 3.55. The quantitative estimate of drug-likeness (QED) is 0.442. The zero-order chi connectivity index (χ0) is 12.8. The fourth-order valence-corrected chi connectivity index (χ4v) is 1.51. The van der Waals surface area contributed by atoms with Crippen molar-refractivity contribution in [1.82, 2.24) is 0 Å². The van der Waals surface area contributed by atoms with Gasteiger partial charge in [0.05, 0.1) is 22.6 Å². The number of nitro groups is 1. The Balaban J connectivity index is 2.77. The number of hydrogen-bond acceptors (Lipinski definition) is 3. The lowest BCUT2D eigenvalue weighted by Crippen LogP contribution is -2.00. The Morgan fingerprint density at radius 3 is 2.76 bits per heavy atom. The van der Waals surface area contributed by atoms with Crippen LogP contribution in [0.1, 0.15) is 26.2 Å². The molecule has 0 atom stereocenters. The van der Waals surface area contributed by atoms with Gasteiger partial charge in [-0.2, -0.15) is 4.39 Å². The molecule has 6 heteroatoms. The summed E-state index contributed by atoms with van der Waals surface area (Å²) in [5.74, 6) is -0.809. The van der Waals surface area contributed by atoms with Gasteiger partial charge in [-0.3, -0.25) is 10.1 Å². The van der Waals surface area contributed by atoms with E-state index in [2.05, 4.69) is 6.92 Å². The molecule has 0 radical (unpaired) electrons. The van der Waals surface area contributed by atoms with Crippen LogP contribution in [0.3, 0.4) is 0 Å². The van der Waals surface area contributed by atoms with E-state index in [1.807, 2.05) is 0 Å². The lowest BCUT2D eigenvalue weighted by molar-refractivity contribution is -0.387.